The molecule has 0 bridgehead atoms. The SMILES string of the molecule is O=C(O)CC(O)C(O)c1ccc(O)cn1. The van der Waals surface area contributed by atoms with Gasteiger partial charge in [-0.2, -0.15) is 0 Å². The molecule has 1 aromatic rings. The minimum Gasteiger partial charge on any atom is -0.506 e. The van der Waals surface area contributed by atoms with Gasteiger partial charge in [-0.1, -0.05) is 0 Å². The van der Waals surface area contributed by atoms with Crippen molar-refractivity contribution in [2.24, 2.45) is 0 Å². The summed E-state index contributed by atoms with van der Waals surface area (Å²) in [5.74, 6) is -1.28. The fourth-order valence-corrected chi connectivity index (χ4v) is 1.06. The van der Waals surface area contributed by atoms with Gasteiger partial charge in [0.05, 0.1) is 24.4 Å². The van der Waals surface area contributed by atoms with E-state index in [0.717, 1.165) is 6.20 Å². The van der Waals surface area contributed by atoms with Gasteiger partial charge in [-0.15, -0.1) is 0 Å². The lowest BCUT2D eigenvalue weighted by molar-refractivity contribution is -0.141. The van der Waals surface area contributed by atoms with Crippen LogP contribution in [0.15, 0.2) is 18.3 Å². The first-order chi connectivity index (χ1) is 7.00. The van der Waals surface area contributed by atoms with Crippen molar-refractivity contribution < 1.29 is 25.2 Å². The largest absolute Gasteiger partial charge is 0.506 e. The van der Waals surface area contributed by atoms with Gasteiger partial charge < -0.3 is 20.4 Å². The first-order valence-corrected chi connectivity index (χ1v) is 4.23. The number of carbonyl (C=O) groups is 1. The van der Waals surface area contributed by atoms with Gasteiger partial charge in [0.2, 0.25) is 0 Å². The molecule has 0 aliphatic heterocycles. The highest BCUT2D eigenvalue weighted by Gasteiger charge is 2.21. The Labute approximate surface area is 85.4 Å². The van der Waals surface area contributed by atoms with E-state index in [9.17, 15) is 15.0 Å². The fraction of sp³-hybridized carbons (Fsp3) is 0.333. The molecule has 1 aromatic heterocycles. The Morgan fingerprint density at radius 1 is 1.40 bits per heavy atom. The molecule has 6 nitrogen and oxygen atoms in total. The Morgan fingerprint density at radius 2 is 2.07 bits per heavy atom. The Bertz CT molecular complexity index is 337. The van der Waals surface area contributed by atoms with Crippen LogP contribution in [0.25, 0.3) is 0 Å². The van der Waals surface area contributed by atoms with Crippen molar-refractivity contribution in [3.63, 3.8) is 0 Å². The van der Waals surface area contributed by atoms with Crippen LogP contribution in [0, 0.1) is 0 Å². The van der Waals surface area contributed by atoms with Crippen molar-refractivity contribution in [2.45, 2.75) is 18.6 Å². The summed E-state index contributed by atoms with van der Waals surface area (Å²) in [6.07, 6.45) is -2.25. The van der Waals surface area contributed by atoms with E-state index in [0.29, 0.717) is 0 Å². The maximum absolute atomic E-state index is 10.3. The first-order valence-electron chi connectivity index (χ1n) is 4.23. The topological polar surface area (TPSA) is 111 Å². The number of aliphatic hydroxyl groups excluding tert-OH is 2. The number of pyridine rings is 1. The first kappa shape index (κ1) is 11.4. The standard InChI is InChI=1S/C9H11NO5/c11-5-1-2-6(10-4-5)9(15)7(12)3-8(13)14/h1-2,4,7,9,11-12,15H,3H2,(H,13,14). The third-order valence-corrected chi connectivity index (χ3v) is 1.82. The van der Waals surface area contributed by atoms with Gasteiger partial charge in [-0.3, -0.25) is 9.78 Å². The number of carboxylic acids is 1. The second-order valence-electron chi connectivity index (χ2n) is 3.05. The van der Waals surface area contributed by atoms with Crippen LogP contribution < -0.4 is 0 Å². The van der Waals surface area contributed by atoms with Crippen LogP contribution in [0.1, 0.15) is 18.2 Å². The quantitative estimate of drug-likeness (QED) is 0.544. The zero-order valence-electron chi connectivity index (χ0n) is 7.74. The monoisotopic (exact) mass is 213 g/mol. The summed E-state index contributed by atoms with van der Waals surface area (Å²) in [7, 11) is 0. The Balaban J connectivity index is 2.71. The minimum atomic E-state index is -1.42. The van der Waals surface area contributed by atoms with Gasteiger partial charge >= 0.3 is 5.97 Å². The Hall–Kier alpha value is -1.66. The van der Waals surface area contributed by atoms with Gasteiger partial charge in [0.25, 0.3) is 0 Å². The van der Waals surface area contributed by atoms with Gasteiger partial charge in [0.15, 0.2) is 0 Å². The number of aliphatic carboxylic acids is 1. The Kier molecular flexibility index (Phi) is 3.59. The van der Waals surface area contributed by atoms with Crippen LogP contribution >= 0.6 is 0 Å². The highest BCUT2D eigenvalue weighted by atomic mass is 16.4. The molecule has 82 valence electrons. The molecule has 0 saturated heterocycles. The highest BCUT2D eigenvalue weighted by molar-refractivity contribution is 5.67. The third kappa shape index (κ3) is 3.19. The molecular formula is C9H11NO5. The van der Waals surface area contributed by atoms with E-state index in [1.807, 2.05) is 0 Å². The number of aromatic hydroxyl groups is 1. The molecule has 15 heavy (non-hydrogen) atoms. The second kappa shape index (κ2) is 4.72. The van der Waals surface area contributed by atoms with Crippen LogP contribution in [-0.4, -0.2) is 37.5 Å². The molecule has 2 atom stereocenters. The molecule has 0 aromatic carbocycles. The van der Waals surface area contributed by atoms with Crippen molar-refractivity contribution in [1.82, 2.24) is 4.98 Å². The van der Waals surface area contributed by atoms with Gasteiger partial charge in [-0.05, 0) is 12.1 Å². The van der Waals surface area contributed by atoms with Crippen molar-refractivity contribution in [2.75, 3.05) is 0 Å². The Morgan fingerprint density at radius 3 is 2.53 bits per heavy atom. The number of hydrogen-bond acceptors (Lipinski definition) is 5. The second-order valence-corrected chi connectivity index (χ2v) is 3.05. The lowest BCUT2D eigenvalue weighted by Crippen LogP contribution is -2.22. The normalized spacial score (nSPS) is 14.5. The van der Waals surface area contributed by atoms with E-state index in [2.05, 4.69) is 4.98 Å². The van der Waals surface area contributed by atoms with E-state index < -0.39 is 24.6 Å². The third-order valence-electron chi connectivity index (χ3n) is 1.82. The summed E-state index contributed by atoms with van der Waals surface area (Å²) in [5.41, 5.74) is 0.113. The molecule has 1 heterocycles. The maximum atomic E-state index is 10.3. The van der Waals surface area contributed by atoms with Gasteiger partial charge in [0.1, 0.15) is 11.9 Å². The fourth-order valence-electron chi connectivity index (χ4n) is 1.06. The molecule has 6 heteroatoms. The molecule has 0 amide bonds. The van der Waals surface area contributed by atoms with Crippen molar-refractivity contribution in [1.29, 1.82) is 0 Å². The summed E-state index contributed by atoms with van der Waals surface area (Å²) >= 11 is 0. The highest BCUT2D eigenvalue weighted by Crippen LogP contribution is 2.18. The average molecular weight is 213 g/mol. The zero-order chi connectivity index (χ0) is 11.4. The van der Waals surface area contributed by atoms with Gasteiger partial charge in [-0.25, -0.2) is 0 Å². The number of nitrogens with zero attached hydrogens (tertiary/aromatic N) is 1. The maximum Gasteiger partial charge on any atom is 0.306 e. The van der Waals surface area contributed by atoms with E-state index in [1.54, 1.807) is 0 Å². The van der Waals surface area contributed by atoms with Crippen molar-refractivity contribution in [3.05, 3.63) is 24.0 Å². The minimum absolute atomic E-state index is 0.0707. The summed E-state index contributed by atoms with van der Waals surface area (Å²) in [6, 6.07) is 2.60. The van der Waals surface area contributed by atoms with Crippen LogP contribution in [0.4, 0.5) is 0 Å². The van der Waals surface area contributed by atoms with E-state index in [-0.39, 0.29) is 11.4 Å². The van der Waals surface area contributed by atoms with E-state index >= 15 is 0 Å². The van der Waals surface area contributed by atoms with E-state index in [1.165, 1.54) is 12.1 Å². The molecule has 0 aliphatic rings. The molecule has 0 radical (unpaired) electrons. The lowest BCUT2D eigenvalue weighted by atomic mass is 10.1. The van der Waals surface area contributed by atoms with Crippen molar-refractivity contribution >= 4 is 5.97 Å². The summed E-state index contributed by atoms with van der Waals surface area (Å²) < 4.78 is 0. The number of aliphatic hydroxyl groups is 2. The van der Waals surface area contributed by atoms with Crippen molar-refractivity contribution in [3.8, 4) is 5.75 Å². The predicted molar refractivity (Wildman–Crippen MR) is 49.1 cm³/mol. The molecule has 0 aliphatic carbocycles. The molecule has 2 unspecified atom stereocenters. The van der Waals surface area contributed by atoms with E-state index in [4.69, 9.17) is 10.2 Å². The molecule has 1 rings (SSSR count). The van der Waals surface area contributed by atoms with Crippen LogP contribution in [0.2, 0.25) is 0 Å². The molecule has 4 N–H and O–H groups in total. The number of rotatable bonds is 4. The molecule has 0 spiro atoms. The molecule has 0 saturated carbocycles. The number of carboxylic acid groups (broad SMARTS) is 1. The molecule has 0 fully saturated rings. The van der Waals surface area contributed by atoms with Crippen LogP contribution in [0.5, 0.6) is 5.75 Å². The zero-order valence-corrected chi connectivity index (χ0v) is 7.74. The summed E-state index contributed by atoms with van der Waals surface area (Å²) in [6.45, 7) is 0. The average Bonchev–Trinajstić information content (AvgIpc) is 2.17. The van der Waals surface area contributed by atoms with Crippen LogP contribution in [-0.2, 0) is 4.79 Å². The summed E-state index contributed by atoms with van der Waals surface area (Å²) in [4.78, 5) is 13.9. The summed E-state index contributed by atoms with van der Waals surface area (Å²) in [5, 5.41) is 36.1. The number of hydrogen-bond donors (Lipinski definition) is 4. The molecular weight excluding hydrogens is 202 g/mol. The van der Waals surface area contributed by atoms with Crippen LogP contribution in [0.3, 0.4) is 0 Å². The predicted octanol–water partition coefficient (Wildman–Crippen LogP) is -0.344. The smallest absolute Gasteiger partial charge is 0.306 e. The lowest BCUT2D eigenvalue weighted by Gasteiger charge is -2.15. The number of aromatic nitrogens is 1. The van der Waals surface area contributed by atoms with Gasteiger partial charge in [0, 0.05) is 0 Å².